The van der Waals surface area contributed by atoms with Crippen LogP contribution in [0.1, 0.15) is 42.7 Å². The zero-order valence-electron chi connectivity index (χ0n) is 11.8. The van der Waals surface area contributed by atoms with Crippen molar-refractivity contribution in [2.45, 2.75) is 33.1 Å². The van der Waals surface area contributed by atoms with Crippen LogP contribution in [0.2, 0.25) is 0 Å². The van der Waals surface area contributed by atoms with E-state index in [1.54, 1.807) is 18.5 Å². The van der Waals surface area contributed by atoms with Crippen LogP contribution in [0.3, 0.4) is 0 Å². The van der Waals surface area contributed by atoms with Gasteiger partial charge in [-0.15, -0.1) is 0 Å². The first-order valence-electron chi connectivity index (χ1n) is 6.17. The van der Waals surface area contributed by atoms with Crippen LogP contribution in [0.25, 0.3) is 0 Å². The fourth-order valence-corrected chi connectivity index (χ4v) is 2.14. The fourth-order valence-electron chi connectivity index (χ4n) is 1.64. The molecule has 1 N–H and O–H groups in total. The first-order chi connectivity index (χ1) is 9.27. The van der Waals surface area contributed by atoms with Crippen molar-refractivity contribution in [3.63, 3.8) is 0 Å². The van der Waals surface area contributed by atoms with Gasteiger partial charge in [0.1, 0.15) is 5.82 Å². The molecule has 1 amide bonds. The number of carbonyl (C=O) groups excluding carboxylic acids is 1. The Morgan fingerprint density at radius 3 is 2.35 bits per heavy atom. The summed E-state index contributed by atoms with van der Waals surface area (Å²) >= 11 is 3.20. The van der Waals surface area contributed by atoms with Crippen molar-refractivity contribution < 1.29 is 9.21 Å². The molecule has 0 saturated heterocycles. The van der Waals surface area contributed by atoms with Crippen LogP contribution >= 0.6 is 15.9 Å². The fraction of sp³-hybridized carbons (Fsp3) is 0.357. The van der Waals surface area contributed by atoms with Gasteiger partial charge < -0.3 is 9.73 Å². The summed E-state index contributed by atoms with van der Waals surface area (Å²) in [5.41, 5.74) is 1.18. The summed E-state index contributed by atoms with van der Waals surface area (Å²) in [4.78, 5) is 20.6. The Labute approximate surface area is 125 Å². The minimum atomic E-state index is -0.319. The van der Waals surface area contributed by atoms with Gasteiger partial charge in [-0.1, -0.05) is 20.8 Å². The number of halogens is 1. The molecular weight excluding hydrogens is 322 g/mol. The summed E-state index contributed by atoms with van der Waals surface area (Å²) in [7, 11) is 0. The van der Waals surface area contributed by atoms with Gasteiger partial charge in [0, 0.05) is 11.0 Å². The highest BCUT2D eigenvalue weighted by Gasteiger charge is 2.18. The predicted octanol–water partition coefficient (Wildman–Crippen LogP) is 3.69. The number of aryl methyl sites for hydroxylation is 1. The Morgan fingerprint density at radius 1 is 1.30 bits per heavy atom. The lowest BCUT2D eigenvalue weighted by Crippen LogP contribution is -2.17. The highest BCUT2D eigenvalue weighted by molar-refractivity contribution is 9.10. The Balaban J connectivity index is 2.14. The second-order valence-electron chi connectivity index (χ2n) is 5.56. The number of hydrogen-bond acceptors (Lipinski definition) is 4. The second-order valence-corrected chi connectivity index (χ2v) is 6.34. The third-order valence-corrected chi connectivity index (χ3v) is 3.07. The largest absolute Gasteiger partial charge is 0.444 e. The van der Waals surface area contributed by atoms with E-state index in [2.05, 4.69) is 31.2 Å². The van der Waals surface area contributed by atoms with E-state index in [-0.39, 0.29) is 17.1 Å². The van der Waals surface area contributed by atoms with Crippen molar-refractivity contribution in [2.24, 2.45) is 0 Å². The Hall–Kier alpha value is -1.69. The molecule has 106 valence electrons. The highest BCUT2D eigenvalue weighted by atomic mass is 79.9. The first-order valence-corrected chi connectivity index (χ1v) is 6.96. The van der Waals surface area contributed by atoms with E-state index in [9.17, 15) is 4.79 Å². The van der Waals surface area contributed by atoms with Crippen molar-refractivity contribution in [1.82, 2.24) is 9.97 Å². The monoisotopic (exact) mass is 337 g/mol. The summed E-state index contributed by atoms with van der Waals surface area (Å²) in [5, 5.41) is 2.71. The van der Waals surface area contributed by atoms with Gasteiger partial charge in [-0.05, 0) is 28.9 Å². The molecule has 0 aliphatic carbocycles. The maximum absolute atomic E-state index is 12.0. The number of rotatable bonds is 2. The summed E-state index contributed by atoms with van der Waals surface area (Å²) < 4.78 is 5.82. The smallest absolute Gasteiger partial charge is 0.291 e. The normalized spacial score (nSPS) is 11.4. The number of amides is 1. The molecule has 0 saturated carbocycles. The second kappa shape index (κ2) is 5.36. The topological polar surface area (TPSA) is 68.0 Å². The molecule has 20 heavy (non-hydrogen) atoms. The van der Waals surface area contributed by atoms with Crippen LogP contribution < -0.4 is 5.32 Å². The van der Waals surface area contributed by atoms with Gasteiger partial charge in [0.2, 0.25) is 0 Å². The van der Waals surface area contributed by atoms with Crippen LogP contribution in [0.5, 0.6) is 0 Å². The number of carbonyl (C=O) groups is 1. The van der Waals surface area contributed by atoms with Gasteiger partial charge in [-0.2, -0.15) is 0 Å². The van der Waals surface area contributed by atoms with Crippen LogP contribution in [-0.2, 0) is 5.41 Å². The maximum Gasteiger partial charge on any atom is 0.291 e. The standard InChI is InChI=1S/C14H16BrN3O2/c1-8-5-10(15)20-11(8)12(19)18-9-6-16-13(17-7-9)14(2,3)4/h5-7H,1-4H3,(H,18,19). The molecular formula is C14H16BrN3O2. The summed E-state index contributed by atoms with van der Waals surface area (Å²) in [6.07, 6.45) is 3.19. The zero-order chi connectivity index (χ0) is 14.9. The number of furan rings is 1. The Morgan fingerprint density at radius 2 is 1.90 bits per heavy atom. The number of anilines is 1. The molecule has 0 bridgehead atoms. The lowest BCUT2D eigenvalue weighted by Gasteiger charge is -2.16. The van der Waals surface area contributed by atoms with Crippen molar-refractivity contribution in [3.05, 3.63) is 40.3 Å². The molecule has 2 aromatic rings. The van der Waals surface area contributed by atoms with E-state index < -0.39 is 0 Å². The summed E-state index contributed by atoms with van der Waals surface area (Å²) in [6, 6.07) is 1.74. The van der Waals surface area contributed by atoms with Crippen molar-refractivity contribution in [2.75, 3.05) is 5.32 Å². The third-order valence-electron chi connectivity index (χ3n) is 2.67. The lowest BCUT2D eigenvalue weighted by atomic mass is 9.96. The number of aromatic nitrogens is 2. The summed E-state index contributed by atoms with van der Waals surface area (Å²) in [6.45, 7) is 7.90. The number of hydrogen-bond donors (Lipinski definition) is 1. The number of nitrogens with one attached hydrogen (secondary N) is 1. The molecule has 0 aromatic carbocycles. The van der Waals surface area contributed by atoms with Gasteiger partial charge in [-0.3, -0.25) is 4.79 Å². The first kappa shape index (κ1) is 14.7. The Bertz CT molecular complexity index is 627. The van der Waals surface area contributed by atoms with Gasteiger partial charge in [-0.25, -0.2) is 9.97 Å². The van der Waals surface area contributed by atoms with Crippen LogP contribution in [0, 0.1) is 6.92 Å². The molecule has 0 fully saturated rings. The van der Waals surface area contributed by atoms with E-state index in [0.717, 1.165) is 11.4 Å². The molecule has 2 heterocycles. The predicted molar refractivity (Wildman–Crippen MR) is 79.8 cm³/mol. The zero-order valence-corrected chi connectivity index (χ0v) is 13.4. The van der Waals surface area contributed by atoms with E-state index in [1.165, 1.54) is 0 Å². The minimum Gasteiger partial charge on any atom is -0.444 e. The molecule has 0 radical (unpaired) electrons. The quantitative estimate of drug-likeness (QED) is 0.907. The lowest BCUT2D eigenvalue weighted by molar-refractivity contribution is 0.0994. The molecule has 0 aliphatic heterocycles. The minimum absolute atomic E-state index is 0.120. The van der Waals surface area contributed by atoms with E-state index in [4.69, 9.17) is 4.42 Å². The average Bonchev–Trinajstić information content (AvgIpc) is 2.68. The molecule has 0 atom stereocenters. The Kier molecular flexibility index (Phi) is 3.94. The van der Waals surface area contributed by atoms with Gasteiger partial charge in [0.05, 0.1) is 18.1 Å². The number of nitrogens with zero attached hydrogens (tertiary/aromatic N) is 2. The molecule has 2 aromatic heterocycles. The molecule has 5 nitrogen and oxygen atoms in total. The van der Waals surface area contributed by atoms with Crippen LogP contribution in [0.4, 0.5) is 5.69 Å². The van der Waals surface area contributed by atoms with E-state index in [1.807, 2.05) is 27.7 Å². The van der Waals surface area contributed by atoms with E-state index >= 15 is 0 Å². The van der Waals surface area contributed by atoms with Crippen LogP contribution in [-0.4, -0.2) is 15.9 Å². The maximum atomic E-state index is 12.0. The third kappa shape index (κ3) is 3.25. The van der Waals surface area contributed by atoms with Crippen molar-refractivity contribution in [1.29, 1.82) is 0 Å². The van der Waals surface area contributed by atoms with Gasteiger partial charge in [0.25, 0.3) is 5.91 Å². The summed E-state index contributed by atoms with van der Waals surface area (Å²) in [5.74, 6) is 0.685. The molecule has 0 unspecified atom stereocenters. The van der Waals surface area contributed by atoms with Gasteiger partial charge >= 0.3 is 0 Å². The molecule has 0 aliphatic rings. The molecule has 2 rings (SSSR count). The van der Waals surface area contributed by atoms with Crippen LogP contribution in [0.15, 0.2) is 27.5 Å². The molecule has 0 spiro atoms. The SMILES string of the molecule is Cc1cc(Br)oc1C(=O)Nc1cnc(C(C)(C)C)nc1. The van der Waals surface area contributed by atoms with Crippen molar-refractivity contribution >= 4 is 27.5 Å². The van der Waals surface area contributed by atoms with Crippen molar-refractivity contribution in [3.8, 4) is 0 Å². The van der Waals surface area contributed by atoms with Gasteiger partial charge in [0.15, 0.2) is 10.4 Å². The van der Waals surface area contributed by atoms with E-state index in [0.29, 0.717) is 10.4 Å². The molecule has 6 heteroatoms. The average molecular weight is 338 g/mol. The highest BCUT2D eigenvalue weighted by Crippen LogP contribution is 2.21.